The van der Waals surface area contributed by atoms with E-state index >= 15 is 0 Å². The minimum atomic E-state index is -0.146. The Labute approximate surface area is 147 Å². The molecule has 1 aliphatic heterocycles. The fourth-order valence-corrected chi connectivity index (χ4v) is 3.22. The summed E-state index contributed by atoms with van der Waals surface area (Å²) >= 11 is 0. The molecule has 0 bridgehead atoms. The average molecular weight is 340 g/mol. The van der Waals surface area contributed by atoms with Crippen molar-refractivity contribution in [3.8, 4) is 11.4 Å². The summed E-state index contributed by atoms with van der Waals surface area (Å²) in [4.78, 5) is 35.1. The lowest BCUT2D eigenvalue weighted by Gasteiger charge is -2.38. The normalized spacial score (nSPS) is 18.6. The maximum Gasteiger partial charge on any atom is 0.251 e. The van der Waals surface area contributed by atoms with Crippen LogP contribution in [0.3, 0.4) is 0 Å². The van der Waals surface area contributed by atoms with Crippen LogP contribution >= 0.6 is 0 Å². The highest BCUT2D eigenvalue weighted by Gasteiger charge is 2.30. The highest BCUT2D eigenvalue weighted by Crippen LogP contribution is 2.18. The molecule has 2 heterocycles. The van der Waals surface area contributed by atoms with Gasteiger partial charge in [0, 0.05) is 43.5 Å². The first-order valence-corrected chi connectivity index (χ1v) is 8.68. The van der Waals surface area contributed by atoms with Gasteiger partial charge in [0.25, 0.3) is 5.56 Å². The molecule has 1 amide bonds. The molecule has 1 saturated heterocycles. The number of hydrogen-bond donors (Lipinski definition) is 1. The van der Waals surface area contributed by atoms with E-state index < -0.39 is 0 Å². The number of carbonyl (C=O) groups is 1. The Hall–Kier alpha value is -2.47. The van der Waals surface area contributed by atoms with Gasteiger partial charge in [-0.1, -0.05) is 24.3 Å². The molecular formula is C19H24N4O2. The zero-order valence-electron chi connectivity index (χ0n) is 15.0. The molecule has 2 aromatic rings. The van der Waals surface area contributed by atoms with E-state index in [0.717, 1.165) is 37.3 Å². The molecule has 0 aliphatic carbocycles. The Morgan fingerprint density at radius 2 is 1.92 bits per heavy atom. The smallest absolute Gasteiger partial charge is 0.251 e. The number of carbonyl (C=O) groups excluding carboxylic acids is 1. The minimum absolute atomic E-state index is 0.0943. The van der Waals surface area contributed by atoms with Gasteiger partial charge < -0.3 is 9.88 Å². The summed E-state index contributed by atoms with van der Waals surface area (Å²) in [5, 5.41) is 0. The first kappa shape index (κ1) is 17.4. The fraction of sp³-hybridized carbons (Fsp3) is 0.421. The number of piperazine rings is 1. The van der Waals surface area contributed by atoms with Crippen LogP contribution in [0.25, 0.3) is 11.4 Å². The van der Waals surface area contributed by atoms with Crippen LogP contribution in [0.1, 0.15) is 25.1 Å². The number of nitrogens with zero attached hydrogens (tertiary/aromatic N) is 3. The minimum Gasteiger partial charge on any atom is -0.340 e. The standard InChI is InChI=1S/C19H24N4O2/c1-4-22-9-10-23(14(3)19(22)25)12-15-5-7-16(8-6-15)18-20-13(2)11-17(24)21-18/h5-8,11,14H,4,9-10,12H2,1-3H3,(H,20,21,24)/t14-/m1/s1. The molecule has 132 valence electrons. The first-order valence-electron chi connectivity index (χ1n) is 8.68. The fourth-order valence-electron chi connectivity index (χ4n) is 3.22. The van der Waals surface area contributed by atoms with E-state index in [4.69, 9.17) is 0 Å². The maximum absolute atomic E-state index is 12.3. The van der Waals surface area contributed by atoms with E-state index in [9.17, 15) is 9.59 Å². The Bertz CT molecular complexity index is 813. The number of aromatic amines is 1. The lowest BCUT2D eigenvalue weighted by Crippen LogP contribution is -2.55. The molecule has 0 saturated carbocycles. The van der Waals surface area contributed by atoms with E-state index in [1.54, 1.807) is 6.92 Å². The Morgan fingerprint density at radius 3 is 2.56 bits per heavy atom. The third-order valence-electron chi connectivity index (χ3n) is 4.74. The molecule has 0 unspecified atom stereocenters. The second-order valence-electron chi connectivity index (χ2n) is 6.50. The van der Waals surface area contributed by atoms with Crippen molar-refractivity contribution in [3.05, 3.63) is 51.9 Å². The van der Waals surface area contributed by atoms with E-state index in [-0.39, 0.29) is 17.5 Å². The second kappa shape index (κ2) is 7.19. The molecule has 25 heavy (non-hydrogen) atoms. The van der Waals surface area contributed by atoms with Gasteiger partial charge >= 0.3 is 0 Å². The van der Waals surface area contributed by atoms with E-state index in [1.165, 1.54) is 6.07 Å². The molecule has 1 atom stereocenters. The number of amides is 1. The molecule has 1 fully saturated rings. The summed E-state index contributed by atoms with van der Waals surface area (Å²) in [6.45, 7) is 8.97. The topological polar surface area (TPSA) is 69.3 Å². The number of benzene rings is 1. The molecule has 1 aromatic carbocycles. The molecule has 3 rings (SSSR count). The summed E-state index contributed by atoms with van der Waals surface area (Å²) in [7, 11) is 0. The Kier molecular flexibility index (Phi) is 4.99. The van der Waals surface area contributed by atoms with Crippen LogP contribution in [0.4, 0.5) is 0 Å². The van der Waals surface area contributed by atoms with Gasteiger partial charge in [-0.15, -0.1) is 0 Å². The summed E-state index contributed by atoms with van der Waals surface area (Å²) in [6.07, 6.45) is 0. The SMILES string of the molecule is CCN1CCN(Cc2ccc(-c3nc(C)cc(=O)[nH]3)cc2)[C@H](C)C1=O. The van der Waals surface area contributed by atoms with Gasteiger partial charge in [0.15, 0.2) is 0 Å². The molecule has 1 aromatic heterocycles. The summed E-state index contributed by atoms with van der Waals surface area (Å²) in [5.41, 5.74) is 2.57. The number of nitrogens with one attached hydrogen (secondary N) is 1. The largest absolute Gasteiger partial charge is 0.340 e. The van der Waals surface area contributed by atoms with Crippen LogP contribution < -0.4 is 5.56 Å². The van der Waals surface area contributed by atoms with Crippen molar-refractivity contribution < 1.29 is 4.79 Å². The third kappa shape index (κ3) is 3.79. The van der Waals surface area contributed by atoms with Crippen LogP contribution in [0.15, 0.2) is 35.1 Å². The zero-order valence-corrected chi connectivity index (χ0v) is 15.0. The van der Waals surface area contributed by atoms with Crippen LogP contribution in [0.2, 0.25) is 0 Å². The third-order valence-corrected chi connectivity index (χ3v) is 4.74. The summed E-state index contributed by atoms with van der Waals surface area (Å²) in [6, 6.07) is 9.36. The first-order chi connectivity index (χ1) is 12.0. The summed E-state index contributed by atoms with van der Waals surface area (Å²) in [5.74, 6) is 0.781. The van der Waals surface area contributed by atoms with Crippen molar-refractivity contribution in [3.63, 3.8) is 0 Å². The molecular weight excluding hydrogens is 316 g/mol. The Balaban J connectivity index is 1.73. The maximum atomic E-state index is 12.3. The number of hydrogen-bond acceptors (Lipinski definition) is 4. The highest BCUT2D eigenvalue weighted by molar-refractivity contribution is 5.82. The second-order valence-corrected chi connectivity index (χ2v) is 6.50. The van der Waals surface area contributed by atoms with Crippen molar-refractivity contribution in [2.75, 3.05) is 19.6 Å². The number of H-pyrrole nitrogens is 1. The number of likely N-dealkylation sites (N-methyl/N-ethyl adjacent to an activating group) is 1. The van der Waals surface area contributed by atoms with Crippen molar-refractivity contribution in [1.82, 2.24) is 19.8 Å². The lowest BCUT2D eigenvalue weighted by molar-refractivity contribution is -0.141. The van der Waals surface area contributed by atoms with Crippen molar-refractivity contribution in [1.29, 1.82) is 0 Å². The van der Waals surface area contributed by atoms with Crippen molar-refractivity contribution >= 4 is 5.91 Å². The predicted molar refractivity (Wildman–Crippen MR) is 97.2 cm³/mol. The lowest BCUT2D eigenvalue weighted by atomic mass is 10.1. The van der Waals surface area contributed by atoms with Crippen LogP contribution in [-0.2, 0) is 11.3 Å². The number of aromatic nitrogens is 2. The van der Waals surface area contributed by atoms with Crippen LogP contribution in [0, 0.1) is 6.92 Å². The average Bonchev–Trinajstić information content (AvgIpc) is 2.59. The molecule has 1 N–H and O–H groups in total. The Morgan fingerprint density at radius 1 is 1.20 bits per heavy atom. The van der Waals surface area contributed by atoms with Crippen molar-refractivity contribution in [2.45, 2.75) is 33.4 Å². The van der Waals surface area contributed by atoms with E-state index in [0.29, 0.717) is 11.5 Å². The van der Waals surface area contributed by atoms with Crippen molar-refractivity contribution in [2.24, 2.45) is 0 Å². The molecule has 0 spiro atoms. The monoisotopic (exact) mass is 340 g/mol. The molecule has 6 heteroatoms. The van der Waals surface area contributed by atoms with Gasteiger partial charge in [0.1, 0.15) is 5.82 Å². The molecule has 1 aliphatic rings. The van der Waals surface area contributed by atoms with Crippen LogP contribution in [-0.4, -0.2) is 51.4 Å². The van der Waals surface area contributed by atoms with E-state index in [2.05, 4.69) is 14.9 Å². The van der Waals surface area contributed by atoms with Gasteiger partial charge in [-0.25, -0.2) is 4.98 Å². The summed E-state index contributed by atoms with van der Waals surface area (Å²) < 4.78 is 0. The van der Waals surface area contributed by atoms with Gasteiger partial charge in [0.05, 0.1) is 6.04 Å². The van der Waals surface area contributed by atoms with Gasteiger partial charge in [0.2, 0.25) is 5.91 Å². The van der Waals surface area contributed by atoms with Crippen LogP contribution in [0.5, 0.6) is 0 Å². The van der Waals surface area contributed by atoms with E-state index in [1.807, 2.05) is 43.0 Å². The van der Waals surface area contributed by atoms with Gasteiger partial charge in [-0.2, -0.15) is 0 Å². The highest BCUT2D eigenvalue weighted by atomic mass is 16.2. The number of rotatable bonds is 4. The van der Waals surface area contributed by atoms with Gasteiger partial charge in [-0.05, 0) is 26.3 Å². The molecule has 6 nitrogen and oxygen atoms in total. The van der Waals surface area contributed by atoms with Gasteiger partial charge in [-0.3, -0.25) is 14.5 Å². The zero-order chi connectivity index (χ0) is 18.0. The number of aryl methyl sites for hydroxylation is 1. The predicted octanol–water partition coefficient (Wildman–Crippen LogP) is 1.80. The quantitative estimate of drug-likeness (QED) is 0.921. The molecule has 0 radical (unpaired) electrons.